The molecule has 0 aliphatic carbocycles. The van der Waals surface area contributed by atoms with E-state index >= 15 is 0 Å². The molecule has 0 spiro atoms. The SMILES string of the molecule is CCCOc1nc(NN)nc(OCC(F)(F)C(F)(F)F)n1. The molecule has 1 heterocycles. The Labute approximate surface area is 115 Å². The summed E-state index contributed by atoms with van der Waals surface area (Å²) in [5.74, 6) is -0.320. The van der Waals surface area contributed by atoms with Gasteiger partial charge in [-0.1, -0.05) is 6.92 Å². The molecule has 0 radical (unpaired) electrons. The van der Waals surface area contributed by atoms with E-state index in [1.807, 2.05) is 5.43 Å². The highest BCUT2D eigenvalue weighted by atomic mass is 19.4. The number of nitrogens with two attached hydrogens (primary N) is 1. The van der Waals surface area contributed by atoms with Gasteiger partial charge in [0.1, 0.15) is 0 Å². The molecular formula is C9H12F5N5O2. The van der Waals surface area contributed by atoms with Crippen LogP contribution in [-0.4, -0.2) is 40.3 Å². The summed E-state index contributed by atoms with van der Waals surface area (Å²) in [5, 5.41) is 0. The van der Waals surface area contributed by atoms with Gasteiger partial charge in [0, 0.05) is 0 Å². The lowest BCUT2D eigenvalue weighted by molar-refractivity contribution is -0.290. The summed E-state index contributed by atoms with van der Waals surface area (Å²) in [6.07, 6.45) is -5.14. The third-order valence-electron chi connectivity index (χ3n) is 1.96. The van der Waals surface area contributed by atoms with Crippen molar-refractivity contribution in [3.63, 3.8) is 0 Å². The summed E-state index contributed by atoms with van der Waals surface area (Å²) < 4.78 is 70.6. The number of aromatic nitrogens is 3. The number of hydrazine groups is 1. The maximum absolute atomic E-state index is 12.7. The third kappa shape index (κ3) is 4.81. The van der Waals surface area contributed by atoms with Crippen LogP contribution in [-0.2, 0) is 0 Å². The van der Waals surface area contributed by atoms with Gasteiger partial charge in [0.25, 0.3) is 0 Å². The molecule has 0 unspecified atom stereocenters. The Hall–Kier alpha value is -1.98. The number of anilines is 1. The predicted octanol–water partition coefficient (Wildman–Crippen LogP) is 1.52. The average molecular weight is 317 g/mol. The van der Waals surface area contributed by atoms with Crippen molar-refractivity contribution in [3.05, 3.63) is 0 Å². The standard InChI is InChI=1S/C9H12F5N5O2/c1-2-3-20-6-16-5(19-15)17-7(18-6)21-4-8(10,11)9(12,13)14/h2-4,15H2,1H3,(H,16,17,18,19). The van der Waals surface area contributed by atoms with E-state index in [2.05, 4.69) is 19.7 Å². The van der Waals surface area contributed by atoms with Crippen LogP contribution in [0.25, 0.3) is 0 Å². The molecular weight excluding hydrogens is 305 g/mol. The Kier molecular flexibility index (Phi) is 5.41. The van der Waals surface area contributed by atoms with Crippen molar-refractivity contribution in [2.24, 2.45) is 5.84 Å². The molecule has 0 amide bonds. The number of nitrogens with zero attached hydrogens (tertiary/aromatic N) is 3. The van der Waals surface area contributed by atoms with Gasteiger partial charge in [-0.05, 0) is 6.42 Å². The molecule has 0 bridgehead atoms. The Morgan fingerprint density at radius 3 is 2.10 bits per heavy atom. The van der Waals surface area contributed by atoms with Crippen LogP contribution < -0.4 is 20.7 Å². The molecule has 1 aromatic rings. The molecule has 1 rings (SSSR count). The van der Waals surface area contributed by atoms with E-state index in [1.165, 1.54) is 0 Å². The second kappa shape index (κ2) is 6.65. The van der Waals surface area contributed by atoms with Gasteiger partial charge in [-0.2, -0.15) is 31.9 Å². The number of hydrogen-bond donors (Lipinski definition) is 2. The third-order valence-corrected chi connectivity index (χ3v) is 1.96. The zero-order chi connectivity index (χ0) is 16.1. The molecule has 0 saturated carbocycles. The van der Waals surface area contributed by atoms with Crippen molar-refractivity contribution in [1.29, 1.82) is 0 Å². The van der Waals surface area contributed by atoms with Gasteiger partial charge in [0.2, 0.25) is 5.95 Å². The molecule has 0 atom stereocenters. The summed E-state index contributed by atoms with van der Waals surface area (Å²) in [4.78, 5) is 10.4. The van der Waals surface area contributed by atoms with Gasteiger partial charge >= 0.3 is 24.1 Å². The number of hydrogen-bond acceptors (Lipinski definition) is 7. The lowest BCUT2D eigenvalue weighted by atomic mass is 10.3. The number of halogens is 5. The van der Waals surface area contributed by atoms with Crippen LogP contribution >= 0.6 is 0 Å². The van der Waals surface area contributed by atoms with Crippen LogP contribution in [0.1, 0.15) is 13.3 Å². The summed E-state index contributed by atoms with van der Waals surface area (Å²) in [6.45, 7) is 0.00843. The van der Waals surface area contributed by atoms with Crippen LogP contribution in [0.5, 0.6) is 12.0 Å². The van der Waals surface area contributed by atoms with Crippen LogP contribution in [0, 0.1) is 0 Å². The largest absolute Gasteiger partial charge is 0.463 e. The van der Waals surface area contributed by atoms with E-state index in [9.17, 15) is 22.0 Å². The van der Waals surface area contributed by atoms with Crippen molar-refractivity contribution in [2.45, 2.75) is 25.4 Å². The molecule has 0 saturated heterocycles. The minimum absolute atomic E-state index is 0.201. The minimum atomic E-state index is -5.74. The van der Waals surface area contributed by atoms with Gasteiger partial charge < -0.3 is 9.47 Å². The Morgan fingerprint density at radius 1 is 1.05 bits per heavy atom. The lowest BCUT2D eigenvalue weighted by Gasteiger charge is -2.19. The van der Waals surface area contributed by atoms with E-state index in [1.54, 1.807) is 6.92 Å². The molecule has 0 aromatic carbocycles. The average Bonchev–Trinajstić information content (AvgIpc) is 2.41. The highest BCUT2D eigenvalue weighted by Crippen LogP contribution is 2.35. The van der Waals surface area contributed by atoms with Gasteiger partial charge in [-0.25, -0.2) is 5.84 Å². The number of alkyl halides is 5. The van der Waals surface area contributed by atoms with Crippen LogP contribution in [0.15, 0.2) is 0 Å². The summed E-state index contributed by atoms with van der Waals surface area (Å²) in [7, 11) is 0. The van der Waals surface area contributed by atoms with Gasteiger partial charge in [-0.3, -0.25) is 5.43 Å². The molecule has 0 fully saturated rings. The van der Waals surface area contributed by atoms with Crippen LogP contribution in [0.3, 0.4) is 0 Å². The van der Waals surface area contributed by atoms with Crippen molar-refractivity contribution in [3.8, 4) is 12.0 Å². The second-order valence-electron chi connectivity index (χ2n) is 3.71. The number of ether oxygens (including phenoxy) is 2. The maximum atomic E-state index is 12.7. The van der Waals surface area contributed by atoms with Gasteiger partial charge in [-0.15, -0.1) is 4.98 Å². The number of nitrogen functional groups attached to an aromatic ring is 1. The molecule has 120 valence electrons. The first-order valence-electron chi connectivity index (χ1n) is 5.62. The first-order valence-corrected chi connectivity index (χ1v) is 5.62. The van der Waals surface area contributed by atoms with Crippen molar-refractivity contribution < 1.29 is 31.4 Å². The van der Waals surface area contributed by atoms with E-state index < -0.39 is 24.7 Å². The fourth-order valence-corrected chi connectivity index (χ4v) is 0.962. The van der Waals surface area contributed by atoms with E-state index in [0.29, 0.717) is 6.42 Å². The fourth-order valence-electron chi connectivity index (χ4n) is 0.962. The van der Waals surface area contributed by atoms with Crippen molar-refractivity contribution in [1.82, 2.24) is 15.0 Å². The van der Waals surface area contributed by atoms with Crippen LogP contribution in [0.4, 0.5) is 27.9 Å². The highest BCUT2D eigenvalue weighted by molar-refractivity contribution is 5.25. The first-order chi connectivity index (χ1) is 9.69. The normalized spacial score (nSPS) is 12.1. The number of nitrogens with one attached hydrogen (secondary N) is 1. The van der Waals surface area contributed by atoms with Gasteiger partial charge in [0.05, 0.1) is 6.61 Å². The maximum Gasteiger partial charge on any atom is 0.456 e. The lowest BCUT2D eigenvalue weighted by Crippen LogP contribution is -2.42. The summed E-state index contributed by atoms with van der Waals surface area (Å²) in [6, 6.07) is -1.09. The molecule has 3 N–H and O–H groups in total. The Bertz CT molecular complexity index is 470. The molecule has 7 nitrogen and oxygen atoms in total. The Morgan fingerprint density at radius 2 is 1.62 bits per heavy atom. The summed E-state index contributed by atoms with van der Waals surface area (Å²) >= 11 is 0. The molecule has 0 aliphatic heterocycles. The smallest absolute Gasteiger partial charge is 0.456 e. The summed E-state index contributed by atoms with van der Waals surface area (Å²) in [5.41, 5.74) is 1.98. The van der Waals surface area contributed by atoms with E-state index in [4.69, 9.17) is 10.6 Å². The van der Waals surface area contributed by atoms with Crippen LogP contribution in [0.2, 0.25) is 0 Å². The molecule has 0 aliphatic rings. The minimum Gasteiger partial charge on any atom is -0.463 e. The number of rotatable bonds is 7. The topological polar surface area (TPSA) is 95.2 Å². The fraction of sp³-hybridized carbons (Fsp3) is 0.667. The first kappa shape index (κ1) is 17.1. The Balaban J connectivity index is 2.83. The monoisotopic (exact) mass is 317 g/mol. The predicted molar refractivity (Wildman–Crippen MR) is 59.9 cm³/mol. The molecule has 21 heavy (non-hydrogen) atoms. The molecule has 1 aromatic heterocycles. The van der Waals surface area contributed by atoms with Gasteiger partial charge in [0.15, 0.2) is 6.61 Å². The van der Waals surface area contributed by atoms with Crippen molar-refractivity contribution in [2.75, 3.05) is 18.6 Å². The second-order valence-corrected chi connectivity index (χ2v) is 3.71. The zero-order valence-electron chi connectivity index (χ0n) is 10.7. The van der Waals surface area contributed by atoms with Crippen molar-refractivity contribution >= 4 is 5.95 Å². The van der Waals surface area contributed by atoms with E-state index in [0.717, 1.165) is 0 Å². The van der Waals surface area contributed by atoms with E-state index in [-0.39, 0.29) is 18.6 Å². The zero-order valence-corrected chi connectivity index (χ0v) is 10.7. The molecule has 12 heteroatoms. The highest BCUT2D eigenvalue weighted by Gasteiger charge is 2.58. The quantitative estimate of drug-likeness (QED) is 0.447.